The van der Waals surface area contributed by atoms with Crippen LogP contribution in [0, 0.1) is 22.7 Å². The Morgan fingerprint density at radius 3 is 2.04 bits per heavy atom. The Bertz CT molecular complexity index is 734. The number of alkyl halides is 3. The SMILES string of the molecule is O=S(=O)(NS(=O)(=O)C(F)(F)F)OCC12CC3CC(CC(CO)(C3)C1)C2. The molecule has 4 aliphatic rings. The lowest BCUT2D eigenvalue weighted by atomic mass is 9.44. The van der Waals surface area contributed by atoms with Crippen LogP contribution in [-0.2, 0) is 24.5 Å². The Balaban J connectivity index is 1.71. The third kappa shape index (κ3) is 3.68. The number of hydrogen-bond acceptors (Lipinski definition) is 6. The van der Waals surface area contributed by atoms with E-state index in [0.29, 0.717) is 35.2 Å². The van der Waals surface area contributed by atoms with Crippen molar-refractivity contribution in [3.05, 3.63) is 0 Å². The lowest BCUT2D eigenvalue weighted by Gasteiger charge is -2.61. The van der Waals surface area contributed by atoms with Crippen LogP contribution in [0.4, 0.5) is 13.2 Å². The van der Waals surface area contributed by atoms with Gasteiger partial charge in [0, 0.05) is 6.61 Å². The molecule has 2 N–H and O–H groups in total. The molecule has 0 aromatic carbocycles. The van der Waals surface area contributed by atoms with Crippen LogP contribution in [-0.4, -0.2) is 40.7 Å². The highest BCUT2D eigenvalue weighted by Gasteiger charge is 2.58. The quantitative estimate of drug-likeness (QED) is 0.686. The van der Waals surface area contributed by atoms with E-state index in [1.165, 1.54) is 0 Å². The molecule has 12 heteroatoms. The number of aliphatic hydroxyl groups excluding tert-OH is 1. The molecule has 4 rings (SSSR count). The average molecular weight is 407 g/mol. The summed E-state index contributed by atoms with van der Waals surface area (Å²) < 4.78 is 87.4. The molecule has 0 saturated heterocycles. The maximum absolute atomic E-state index is 12.3. The molecule has 146 valence electrons. The Hall–Kier alpha value is -0.430. The lowest BCUT2D eigenvalue weighted by molar-refractivity contribution is -0.141. The number of halogens is 3. The molecule has 0 aliphatic heterocycles. The van der Waals surface area contributed by atoms with Gasteiger partial charge in [-0.25, -0.2) is 8.42 Å². The average Bonchev–Trinajstić information content (AvgIpc) is 2.42. The van der Waals surface area contributed by atoms with Crippen molar-refractivity contribution in [2.75, 3.05) is 13.2 Å². The molecule has 0 heterocycles. The summed E-state index contributed by atoms with van der Waals surface area (Å²) in [7, 11) is -11.2. The standard InChI is InChI=1S/C13H20F3NO6S2/c14-13(15,16)24(19,20)17-25(21,22)23-8-12-4-9-1-10(5-12)3-11(2-9,6-12)7-18/h9-10,17-18H,1-8H2. The maximum atomic E-state index is 12.3. The van der Waals surface area contributed by atoms with Crippen LogP contribution in [0.15, 0.2) is 0 Å². The summed E-state index contributed by atoms with van der Waals surface area (Å²) in [5.41, 5.74) is -6.59. The Labute approximate surface area is 144 Å². The molecule has 0 aromatic rings. The van der Waals surface area contributed by atoms with E-state index in [0.717, 1.165) is 19.3 Å². The number of nitrogens with one attached hydrogen (secondary N) is 1. The molecular weight excluding hydrogens is 387 g/mol. The first kappa shape index (κ1) is 19.3. The highest BCUT2D eigenvalue weighted by Crippen LogP contribution is 2.65. The third-order valence-corrected chi connectivity index (χ3v) is 8.41. The summed E-state index contributed by atoms with van der Waals surface area (Å²) in [6.07, 6.45) is 4.59. The molecule has 0 radical (unpaired) electrons. The van der Waals surface area contributed by atoms with Crippen molar-refractivity contribution in [2.45, 2.75) is 44.0 Å². The Morgan fingerprint density at radius 1 is 1.04 bits per heavy atom. The molecule has 7 nitrogen and oxygen atoms in total. The maximum Gasteiger partial charge on any atom is 0.512 e. The fourth-order valence-electron chi connectivity index (χ4n) is 5.41. The minimum absolute atomic E-state index is 0.0186. The second-order valence-electron chi connectivity index (χ2n) is 7.87. The van der Waals surface area contributed by atoms with Crippen molar-refractivity contribution in [3.63, 3.8) is 0 Å². The minimum Gasteiger partial charge on any atom is -0.396 e. The summed E-state index contributed by atoms with van der Waals surface area (Å²) in [4.78, 5) is 0. The molecule has 0 amide bonds. The van der Waals surface area contributed by atoms with E-state index in [-0.39, 0.29) is 18.6 Å². The van der Waals surface area contributed by atoms with Gasteiger partial charge in [-0.05, 0) is 61.2 Å². The Morgan fingerprint density at radius 2 is 1.56 bits per heavy atom. The highest BCUT2D eigenvalue weighted by atomic mass is 32.3. The largest absolute Gasteiger partial charge is 0.512 e. The second-order valence-corrected chi connectivity index (χ2v) is 11.1. The molecule has 4 saturated carbocycles. The van der Waals surface area contributed by atoms with Gasteiger partial charge in [0.25, 0.3) is 0 Å². The van der Waals surface area contributed by atoms with Gasteiger partial charge in [0.15, 0.2) is 0 Å². The monoisotopic (exact) mass is 407 g/mol. The topological polar surface area (TPSA) is 110 Å². The minimum atomic E-state index is -6.05. The molecule has 25 heavy (non-hydrogen) atoms. The lowest BCUT2D eigenvalue weighted by Crippen LogP contribution is -2.55. The van der Waals surface area contributed by atoms with Crippen LogP contribution in [0.1, 0.15) is 38.5 Å². The van der Waals surface area contributed by atoms with Gasteiger partial charge in [0.2, 0.25) is 0 Å². The van der Waals surface area contributed by atoms with Gasteiger partial charge in [0.05, 0.1) is 6.61 Å². The summed E-state index contributed by atoms with van der Waals surface area (Å²) in [5.74, 6) is 0.651. The van der Waals surface area contributed by atoms with Crippen molar-refractivity contribution >= 4 is 20.3 Å². The van der Waals surface area contributed by atoms with Gasteiger partial charge in [-0.15, -0.1) is 0 Å². The van der Waals surface area contributed by atoms with Gasteiger partial charge in [-0.3, -0.25) is 4.18 Å². The number of rotatable bonds is 6. The van der Waals surface area contributed by atoms with Gasteiger partial charge in [0.1, 0.15) is 0 Å². The van der Waals surface area contributed by atoms with Crippen molar-refractivity contribution in [3.8, 4) is 0 Å². The highest BCUT2D eigenvalue weighted by molar-refractivity contribution is 8.03. The zero-order valence-electron chi connectivity index (χ0n) is 13.3. The molecule has 4 bridgehead atoms. The van der Waals surface area contributed by atoms with Crippen molar-refractivity contribution in [1.82, 2.24) is 4.13 Å². The summed E-state index contributed by atoms with van der Waals surface area (Å²) in [6.45, 7) is -0.403. The van der Waals surface area contributed by atoms with E-state index in [4.69, 9.17) is 0 Å². The first-order valence-corrected chi connectivity index (χ1v) is 10.8. The molecule has 2 unspecified atom stereocenters. The second kappa shape index (κ2) is 5.78. The number of sulfonamides is 1. The number of hydrogen-bond donors (Lipinski definition) is 2. The smallest absolute Gasteiger partial charge is 0.396 e. The first-order valence-electron chi connectivity index (χ1n) is 7.90. The fourth-order valence-corrected chi connectivity index (χ4v) is 7.46. The summed E-state index contributed by atoms with van der Waals surface area (Å²) in [6, 6.07) is 0. The third-order valence-electron chi connectivity index (χ3n) is 5.68. The molecule has 4 aliphatic carbocycles. The Kier molecular flexibility index (Phi) is 4.47. The molecule has 2 atom stereocenters. The van der Waals surface area contributed by atoms with E-state index < -0.39 is 31.3 Å². The fraction of sp³-hybridized carbons (Fsp3) is 1.00. The summed E-state index contributed by atoms with van der Waals surface area (Å²) in [5, 5.41) is 9.74. The van der Waals surface area contributed by atoms with Gasteiger partial charge in [-0.2, -0.15) is 21.6 Å². The van der Waals surface area contributed by atoms with Crippen LogP contribution < -0.4 is 4.13 Å². The van der Waals surface area contributed by atoms with Crippen LogP contribution in [0.5, 0.6) is 0 Å². The molecule has 0 aromatic heterocycles. The number of aliphatic hydroxyl groups is 1. The molecule has 4 fully saturated rings. The van der Waals surface area contributed by atoms with Crippen LogP contribution in [0.3, 0.4) is 0 Å². The van der Waals surface area contributed by atoms with Crippen LogP contribution in [0.25, 0.3) is 0 Å². The van der Waals surface area contributed by atoms with Crippen molar-refractivity contribution in [2.24, 2.45) is 22.7 Å². The van der Waals surface area contributed by atoms with E-state index in [9.17, 15) is 35.1 Å². The van der Waals surface area contributed by atoms with Crippen LogP contribution >= 0.6 is 0 Å². The molecular formula is C13H20F3NO6S2. The van der Waals surface area contributed by atoms with Gasteiger partial charge < -0.3 is 5.11 Å². The van der Waals surface area contributed by atoms with E-state index in [1.807, 2.05) is 0 Å². The first-order chi connectivity index (χ1) is 11.3. The molecule has 0 spiro atoms. The normalized spacial score (nSPS) is 38.2. The predicted molar refractivity (Wildman–Crippen MR) is 79.6 cm³/mol. The zero-order valence-corrected chi connectivity index (χ0v) is 14.9. The summed E-state index contributed by atoms with van der Waals surface area (Å²) >= 11 is 0. The predicted octanol–water partition coefficient (Wildman–Crippen LogP) is 1.27. The zero-order chi connectivity index (χ0) is 18.7. The van der Waals surface area contributed by atoms with E-state index >= 15 is 0 Å². The van der Waals surface area contributed by atoms with Crippen molar-refractivity contribution in [1.29, 1.82) is 0 Å². The van der Waals surface area contributed by atoms with Crippen LogP contribution in [0.2, 0.25) is 0 Å². The van der Waals surface area contributed by atoms with Gasteiger partial charge >= 0.3 is 25.8 Å². The van der Waals surface area contributed by atoms with E-state index in [1.54, 1.807) is 0 Å². The van der Waals surface area contributed by atoms with Crippen molar-refractivity contribution < 1.29 is 39.3 Å². The van der Waals surface area contributed by atoms with E-state index in [2.05, 4.69) is 4.18 Å². The van der Waals surface area contributed by atoms with Gasteiger partial charge in [-0.1, -0.05) is 4.13 Å².